The summed E-state index contributed by atoms with van der Waals surface area (Å²) in [5.41, 5.74) is 1.27. The van der Waals surface area contributed by atoms with Crippen LogP contribution in [0.1, 0.15) is 15.9 Å². The highest BCUT2D eigenvalue weighted by molar-refractivity contribution is 9.11. The molecule has 0 aliphatic carbocycles. The third-order valence-electron chi connectivity index (χ3n) is 2.63. The second-order valence-corrected chi connectivity index (χ2v) is 6.51. The van der Waals surface area contributed by atoms with Crippen LogP contribution in [-0.2, 0) is 6.42 Å². The first-order valence-electron chi connectivity index (χ1n) is 5.40. The third kappa shape index (κ3) is 3.60. The van der Waals surface area contributed by atoms with Crippen LogP contribution < -0.4 is 0 Å². The van der Waals surface area contributed by atoms with Gasteiger partial charge in [0.15, 0.2) is 5.78 Å². The smallest absolute Gasteiger partial charge is 0.168 e. The number of carbonyl (C=O) groups is 1. The van der Waals surface area contributed by atoms with Crippen LogP contribution >= 0.6 is 55.1 Å². The Morgan fingerprint density at radius 2 is 1.68 bits per heavy atom. The molecule has 0 heterocycles. The van der Waals surface area contributed by atoms with Crippen LogP contribution in [-0.4, -0.2) is 5.78 Å². The van der Waals surface area contributed by atoms with E-state index in [2.05, 4.69) is 31.9 Å². The molecular formula is C14H8Br2Cl2O. The Kier molecular flexibility index (Phi) is 5.07. The summed E-state index contributed by atoms with van der Waals surface area (Å²) in [6, 6.07) is 10.6. The summed E-state index contributed by atoms with van der Waals surface area (Å²) < 4.78 is 1.65. The SMILES string of the molecule is O=C(Cc1c(Cl)cccc1Cl)c1ccc(Br)cc1Br. The maximum atomic E-state index is 12.3. The highest BCUT2D eigenvalue weighted by Crippen LogP contribution is 2.28. The number of halogens is 4. The zero-order valence-corrected chi connectivity index (χ0v) is 14.3. The summed E-state index contributed by atoms with van der Waals surface area (Å²) in [7, 11) is 0. The molecule has 2 aromatic rings. The molecule has 5 heteroatoms. The Labute approximate surface area is 138 Å². The number of Topliss-reactive ketones (excluding diaryl/α,β-unsaturated/α-hetero) is 1. The zero-order valence-electron chi connectivity index (χ0n) is 9.59. The van der Waals surface area contributed by atoms with E-state index in [1.54, 1.807) is 24.3 Å². The summed E-state index contributed by atoms with van der Waals surface area (Å²) in [6.45, 7) is 0. The minimum Gasteiger partial charge on any atom is -0.294 e. The van der Waals surface area contributed by atoms with Crippen molar-refractivity contribution in [3.8, 4) is 0 Å². The van der Waals surface area contributed by atoms with Gasteiger partial charge >= 0.3 is 0 Å². The molecule has 0 aliphatic heterocycles. The molecule has 0 amide bonds. The number of hydrogen-bond donors (Lipinski definition) is 0. The molecule has 19 heavy (non-hydrogen) atoms. The molecule has 0 fully saturated rings. The first-order chi connectivity index (χ1) is 8.99. The number of rotatable bonds is 3. The zero-order chi connectivity index (χ0) is 14.0. The molecule has 0 radical (unpaired) electrons. The highest BCUT2D eigenvalue weighted by atomic mass is 79.9. The number of ketones is 1. The minimum atomic E-state index is -0.0330. The number of carbonyl (C=O) groups excluding carboxylic acids is 1. The van der Waals surface area contributed by atoms with Crippen molar-refractivity contribution in [2.45, 2.75) is 6.42 Å². The largest absolute Gasteiger partial charge is 0.294 e. The lowest BCUT2D eigenvalue weighted by Crippen LogP contribution is -2.05. The van der Waals surface area contributed by atoms with E-state index in [4.69, 9.17) is 23.2 Å². The van der Waals surface area contributed by atoms with Gasteiger partial charge in [-0.1, -0.05) is 61.1 Å². The van der Waals surface area contributed by atoms with Gasteiger partial charge < -0.3 is 0 Å². The molecule has 98 valence electrons. The van der Waals surface area contributed by atoms with E-state index in [0.29, 0.717) is 21.2 Å². The Balaban J connectivity index is 2.31. The Hall–Kier alpha value is -0.350. The molecule has 0 spiro atoms. The van der Waals surface area contributed by atoms with Gasteiger partial charge in [0.1, 0.15) is 0 Å². The summed E-state index contributed by atoms with van der Waals surface area (Å²) in [5.74, 6) is -0.0330. The summed E-state index contributed by atoms with van der Waals surface area (Å²) in [4.78, 5) is 12.3. The maximum Gasteiger partial charge on any atom is 0.168 e. The molecule has 0 saturated heterocycles. The highest BCUT2D eigenvalue weighted by Gasteiger charge is 2.15. The molecule has 0 aliphatic rings. The van der Waals surface area contributed by atoms with Gasteiger partial charge in [0.05, 0.1) is 0 Å². The van der Waals surface area contributed by atoms with Crippen LogP contribution in [0, 0.1) is 0 Å². The average molecular weight is 423 g/mol. The molecule has 0 saturated carbocycles. The van der Waals surface area contributed by atoms with E-state index in [1.807, 2.05) is 12.1 Å². The van der Waals surface area contributed by atoms with Gasteiger partial charge in [-0.15, -0.1) is 0 Å². The van der Waals surface area contributed by atoms with Crippen molar-refractivity contribution in [3.05, 3.63) is 66.5 Å². The molecular weight excluding hydrogens is 415 g/mol. The predicted molar refractivity (Wildman–Crippen MR) is 86.3 cm³/mol. The van der Waals surface area contributed by atoms with E-state index < -0.39 is 0 Å². The predicted octanol–water partition coefficient (Wildman–Crippen LogP) is 5.94. The fourth-order valence-corrected chi connectivity index (χ4v) is 3.47. The Morgan fingerprint density at radius 1 is 1.05 bits per heavy atom. The van der Waals surface area contributed by atoms with Crippen LogP contribution in [0.25, 0.3) is 0 Å². The van der Waals surface area contributed by atoms with Gasteiger partial charge in [0, 0.05) is 31.0 Å². The monoisotopic (exact) mass is 420 g/mol. The number of hydrogen-bond acceptors (Lipinski definition) is 1. The summed E-state index contributed by atoms with van der Waals surface area (Å²) in [5, 5.41) is 1.02. The molecule has 2 aromatic carbocycles. The minimum absolute atomic E-state index is 0.0330. The Morgan fingerprint density at radius 3 is 2.26 bits per heavy atom. The summed E-state index contributed by atoms with van der Waals surface area (Å²) >= 11 is 18.9. The fraction of sp³-hybridized carbons (Fsp3) is 0.0714. The van der Waals surface area contributed by atoms with E-state index >= 15 is 0 Å². The lowest BCUT2D eigenvalue weighted by molar-refractivity contribution is 0.0992. The van der Waals surface area contributed by atoms with Gasteiger partial charge in [0.2, 0.25) is 0 Å². The second kappa shape index (κ2) is 6.40. The van der Waals surface area contributed by atoms with Gasteiger partial charge in [-0.2, -0.15) is 0 Å². The average Bonchev–Trinajstić information content (AvgIpc) is 2.33. The quantitative estimate of drug-likeness (QED) is 0.559. The molecule has 0 unspecified atom stereocenters. The van der Waals surface area contributed by atoms with Crippen LogP contribution in [0.15, 0.2) is 45.3 Å². The van der Waals surface area contributed by atoms with Crippen molar-refractivity contribution in [1.29, 1.82) is 0 Å². The van der Waals surface area contributed by atoms with Gasteiger partial charge in [-0.25, -0.2) is 0 Å². The van der Waals surface area contributed by atoms with Crippen molar-refractivity contribution in [2.24, 2.45) is 0 Å². The van der Waals surface area contributed by atoms with Crippen molar-refractivity contribution < 1.29 is 4.79 Å². The molecule has 0 N–H and O–H groups in total. The number of benzene rings is 2. The summed E-state index contributed by atoms with van der Waals surface area (Å²) in [6.07, 6.45) is 0.179. The van der Waals surface area contributed by atoms with E-state index in [-0.39, 0.29) is 12.2 Å². The first-order valence-corrected chi connectivity index (χ1v) is 7.74. The van der Waals surface area contributed by atoms with Crippen molar-refractivity contribution in [2.75, 3.05) is 0 Å². The van der Waals surface area contributed by atoms with Gasteiger partial charge in [0.25, 0.3) is 0 Å². The Bertz CT molecular complexity index is 621. The van der Waals surface area contributed by atoms with Crippen molar-refractivity contribution in [3.63, 3.8) is 0 Å². The molecule has 1 nitrogen and oxygen atoms in total. The topological polar surface area (TPSA) is 17.1 Å². The van der Waals surface area contributed by atoms with Crippen LogP contribution in [0.3, 0.4) is 0 Å². The molecule has 0 atom stereocenters. The van der Waals surface area contributed by atoms with Gasteiger partial charge in [-0.3, -0.25) is 4.79 Å². The van der Waals surface area contributed by atoms with E-state index in [9.17, 15) is 4.79 Å². The lowest BCUT2D eigenvalue weighted by atomic mass is 10.0. The molecule has 0 bridgehead atoms. The first kappa shape index (κ1) is 15.0. The van der Waals surface area contributed by atoms with Crippen molar-refractivity contribution in [1.82, 2.24) is 0 Å². The van der Waals surface area contributed by atoms with Crippen LogP contribution in [0.2, 0.25) is 10.0 Å². The van der Waals surface area contributed by atoms with E-state index in [0.717, 1.165) is 8.95 Å². The standard InChI is InChI=1S/C14H8Br2Cl2O/c15-8-4-5-9(11(16)6-8)14(19)7-10-12(17)2-1-3-13(10)18/h1-6H,7H2. The maximum absolute atomic E-state index is 12.3. The third-order valence-corrected chi connectivity index (χ3v) is 4.49. The van der Waals surface area contributed by atoms with E-state index in [1.165, 1.54) is 0 Å². The normalized spacial score (nSPS) is 10.5. The molecule has 2 rings (SSSR count). The second-order valence-electron chi connectivity index (χ2n) is 3.92. The molecule has 0 aromatic heterocycles. The van der Waals surface area contributed by atoms with Crippen LogP contribution in [0.4, 0.5) is 0 Å². The van der Waals surface area contributed by atoms with Crippen molar-refractivity contribution >= 4 is 60.8 Å². The van der Waals surface area contributed by atoms with Gasteiger partial charge in [-0.05, 0) is 35.9 Å². The fourth-order valence-electron chi connectivity index (χ4n) is 1.67. The van der Waals surface area contributed by atoms with Crippen LogP contribution in [0.5, 0.6) is 0 Å². The lowest BCUT2D eigenvalue weighted by Gasteiger charge is -2.08.